The number of rotatable bonds is 3. The molecule has 0 aromatic heterocycles. The predicted octanol–water partition coefficient (Wildman–Crippen LogP) is 2.13. The smallest absolute Gasteiger partial charge is 0.0472 e. The fourth-order valence-corrected chi connectivity index (χ4v) is 1.68. The van der Waals surface area contributed by atoms with Crippen LogP contribution in [0.25, 0.3) is 0 Å². The molecule has 1 heterocycles. The van der Waals surface area contributed by atoms with Crippen LogP contribution in [0.5, 0.6) is 0 Å². The van der Waals surface area contributed by atoms with E-state index in [0.717, 1.165) is 30.6 Å². The van der Waals surface area contributed by atoms with Crippen molar-refractivity contribution >= 4 is 6.21 Å². The molecule has 0 bridgehead atoms. The first kappa shape index (κ1) is 9.30. The van der Waals surface area contributed by atoms with E-state index in [9.17, 15) is 0 Å². The summed E-state index contributed by atoms with van der Waals surface area (Å²) in [6.45, 7) is 10.5. The lowest BCUT2D eigenvalue weighted by Gasteiger charge is -2.19. The fraction of sp³-hybridized carbons (Fsp3) is 0.700. The molecule has 0 spiro atoms. The van der Waals surface area contributed by atoms with Crippen LogP contribution in [0, 0.1) is 17.2 Å². The molecule has 0 saturated carbocycles. The van der Waals surface area contributed by atoms with Gasteiger partial charge >= 0.3 is 0 Å². The van der Waals surface area contributed by atoms with Crippen LogP contribution in [0.3, 0.4) is 0 Å². The molecule has 0 aliphatic carbocycles. The lowest BCUT2D eigenvalue weighted by molar-refractivity contribution is 0.367. The van der Waals surface area contributed by atoms with Crippen molar-refractivity contribution in [1.82, 2.24) is 4.90 Å². The van der Waals surface area contributed by atoms with Crippen molar-refractivity contribution in [3.63, 3.8) is 0 Å². The third-order valence-corrected chi connectivity index (χ3v) is 2.74. The van der Waals surface area contributed by atoms with Crippen LogP contribution in [-0.2, 0) is 0 Å². The molecule has 68 valence electrons. The van der Waals surface area contributed by atoms with E-state index < -0.39 is 0 Å². The van der Waals surface area contributed by atoms with Gasteiger partial charge < -0.3 is 10.3 Å². The Balaban J connectivity index is 2.45. The summed E-state index contributed by atoms with van der Waals surface area (Å²) in [6.07, 6.45) is 2.60. The largest absolute Gasteiger partial charge is 0.370 e. The molecule has 1 atom stereocenters. The number of nitrogens with one attached hydrogen (secondary N) is 1. The molecular formula is C10H18N2. The van der Waals surface area contributed by atoms with Crippen LogP contribution in [0.1, 0.15) is 20.3 Å². The second-order valence-corrected chi connectivity index (χ2v) is 3.87. The molecule has 1 rings (SSSR count). The second-order valence-electron chi connectivity index (χ2n) is 3.87. The molecule has 1 aliphatic heterocycles. The Morgan fingerprint density at radius 2 is 2.33 bits per heavy atom. The van der Waals surface area contributed by atoms with Crippen LogP contribution in [-0.4, -0.2) is 24.2 Å². The van der Waals surface area contributed by atoms with Crippen molar-refractivity contribution < 1.29 is 0 Å². The van der Waals surface area contributed by atoms with E-state index in [1.54, 1.807) is 0 Å². The lowest BCUT2D eigenvalue weighted by Crippen LogP contribution is -2.21. The van der Waals surface area contributed by atoms with E-state index in [2.05, 4.69) is 25.3 Å². The Morgan fingerprint density at radius 1 is 1.67 bits per heavy atom. The van der Waals surface area contributed by atoms with Crippen molar-refractivity contribution in [2.75, 3.05) is 13.1 Å². The summed E-state index contributed by atoms with van der Waals surface area (Å²) in [5.74, 6) is 1.55. The highest BCUT2D eigenvalue weighted by molar-refractivity contribution is 5.73. The maximum Gasteiger partial charge on any atom is 0.0472 e. The molecule has 1 saturated heterocycles. The van der Waals surface area contributed by atoms with Gasteiger partial charge in [-0.3, -0.25) is 0 Å². The molecule has 2 heteroatoms. The van der Waals surface area contributed by atoms with Gasteiger partial charge in [0, 0.05) is 25.0 Å². The number of nitrogens with zero attached hydrogens (tertiary/aromatic N) is 1. The van der Waals surface area contributed by atoms with Crippen molar-refractivity contribution in [2.45, 2.75) is 20.3 Å². The second kappa shape index (κ2) is 3.74. The van der Waals surface area contributed by atoms with E-state index >= 15 is 0 Å². The first-order valence-corrected chi connectivity index (χ1v) is 4.59. The summed E-state index contributed by atoms with van der Waals surface area (Å²) < 4.78 is 0. The van der Waals surface area contributed by atoms with Crippen molar-refractivity contribution in [3.05, 3.63) is 12.3 Å². The normalized spacial score (nSPS) is 23.2. The molecule has 0 amide bonds. The zero-order valence-electron chi connectivity index (χ0n) is 8.01. The molecule has 1 fully saturated rings. The summed E-state index contributed by atoms with van der Waals surface area (Å²) in [4.78, 5) is 2.21. The van der Waals surface area contributed by atoms with E-state index in [1.807, 2.05) is 0 Å². The Hall–Kier alpha value is -0.790. The summed E-state index contributed by atoms with van der Waals surface area (Å²) in [5, 5.41) is 7.08. The molecule has 0 aromatic carbocycles. The molecule has 1 unspecified atom stereocenters. The van der Waals surface area contributed by atoms with Gasteiger partial charge in [-0.2, -0.15) is 0 Å². The Kier molecular flexibility index (Phi) is 2.90. The van der Waals surface area contributed by atoms with E-state index in [0.29, 0.717) is 0 Å². The Bertz CT molecular complexity index is 184. The molecule has 0 aromatic rings. The van der Waals surface area contributed by atoms with Gasteiger partial charge in [0.2, 0.25) is 0 Å². The van der Waals surface area contributed by atoms with Gasteiger partial charge in [0.15, 0.2) is 0 Å². The minimum atomic E-state index is 0.758. The predicted molar refractivity (Wildman–Crippen MR) is 52.4 cm³/mol. The average Bonchev–Trinajstić information content (AvgIpc) is 2.51. The Morgan fingerprint density at radius 3 is 2.75 bits per heavy atom. The van der Waals surface area contributed by atoms with Crippen LogP contribution >= 0.6 is 0 Å². The summed E-state index contributed by atoms with van der Waals surface area (Å²) in [6, 6.07) is 0. The lowest BCUT2D eigenvalue weighted by atomic mass is 9.95. The van der Waals surface area contributed by atoms with Crippen molar-refractivity contribution in [1.29, 1.82) is 5.41 Å². The number of hydrogen-bond acceptors (Lipinski definition) is 2. The van der Waals surface area contributed by atoms with E-state index in [-0.39, 0.29) is 0 Å². The third kappa shape index (κ3) is 1.87. The minimum absolute atomic E-state index is 0.758. The third-order valence-electron chi connectivity index (χ3n) is 2.74. The monoisotopic (exact) mass is 166 g/mol. The highest BCUT2D eigenvalue weighted by Gasteiger charge is 2.24. The SMILES string of the molecule is C=C(C=N)N1CCC(C(C)C)C1. The van der Waals surface area contributed by atoms with Crippen molar-refractivity contribution in [2.24, 2.45) is 11.8 Å². The molecule has 12 heavy (non-hydrogen) atoms. The van der Waals surface area contributed by atoms with Gasteiger partial charge in [-0.25, -0.2) is 0 Å². The maximum absolute atomic E-state index is 7.08. The zero-order valence-corrected chi connectivity index (χ0v) is 8.01. The quantitative estimate of drug-likeness (QED) is 0.639. The van der Waals surface area contributed by atoms with E-state index in [1.165, 1.54) is 12.6 Å². The van der Waals surface area contributed by atoms with Gasteiger partial charge in [0.05, 0.1) is 0 Å². The standard InChI is InChI=1S/C10H18N2/c1-8(2)10-4-5-12(7-10)9(3)6-11/h6,8,10-11H,3-5,7H2,1-2H3. The molecule has 1 N–H and O–H groups in total. The maximum atomic E-state index is 7.08. The van der Waals surface area contributed by atoms with Gasteiger partial charge in [0.1, 0.15) is 0 Å². The molecule has 0 radical (unpaired) electrons. The topological polar surface area (TPSA) is 27.1 Å². The van der Waals surface area contributed by atoms with Crippen LogP contribution in [0.2, 0.25) is 0 Å². The van der Waals surface area contributed by atoms with Gasteiger partial charge in [0.25, 0.3) is 0 Å². The van der Waals surface area contributed by atoms with Crippen LogP contribution in [0.15, 0.2) is 12.3 Å². The summed E-state index contributed by atoms with van der Waals surface area (Å²) in [7, 11) is 0. The number of allylic oxidation sites excluding steroid dienone is 1. The van der Waals surface area contributed by atoms with Crippen molar-refractivity contribution in [3.8, 4) is 0 Å². The van der Waals surface area contributed by atoms with E-state index in [4.69, 9.17) is 5.41 Å². The summed E-state index contributed by atoms with van der Waals surface area (Å²) in [5.41, 5.74) is 0.859. The average molecular weight is 166 g/mol. The highest BCUT2D eigenvalue weighted by atomic mass is 15.2. The number of likely N-dealkylation sites (tertiary alicyclic amines) is 1. The first-order chi connectivity index (χ1) is 5.65. The zero-order chi connectivity index (χ0) is 9.14. The Labute approximate surface area is 74.8 Å². The summed E-state index contributed by atoms with van der Waals surface area (Å²) >= 11 is 0. The van der Waals surface area contributed by atoms with Gasteiger partial charge in [-0.15, -0.1) is 0 Å². The van der Waals surface area contributed by atoms with Gasteiger partial charge in [-0.1, -0.05) is 20.4 Å². The fourth-order valence-electron chi connectivity index (χ4n) is 1.68. The first-order valence-electron chi connectivity index (χ1n) is 4.59. The highest BCUT2D eigenvalue weighted by Crippen LogP contribution is 2.25. The van der Waals surface area contributed by atoms with Crippen LogP contribution in [0.4, 0.5) is 0 Å². The van der Waals surface area contributed by atoms with Crippen LogP contribution < -0.4 is 0 Å². The molecular weight excluding hydrogens is 148 g/mol. The molecule has 2 nitrogen and oxygen atoms in total. The van der Waals surface area contributed by atoms with Gasteiger partial charge in [-0.05, 0) is 18.3 Å². The minimum Gasteiger partial charge on any atom is -0.370 e. The number of hydrogen-bond donors (Lipinski definition) is 1. The molecule has 1 aliphatic rings.